The average molecular weight is 434 g/mol. The summed E-state index contributed by atoms with van der Waals surface area (Å²) >= 11 is 0. The molecule has 0 aliphatic carbocycles. The van der Waals surface area contributed by atoms with Crippen LogP contribution >= 0.6 is 0 Å². The summed E-state index contributed by atoms with van der Waals surface area (Å²) in [5.41, 5.74) is 1.88. The minimum absolute atomic E-state index is 0.209. The van der Waals surface area contributed by atoms with E-state index in [0.717, 1.165) is 5.69 Å². The Morgan fingerprint density at radius 3 is 2.00 bits per heavy atom. The number of amides is 2. The first-order chi connectivity index (χ1) is 15.5. The zero-order chi connectivity index (χ0) is 23.1. The molecule has 0 saturated carbocycles. The van der Waals surface area contributed by atoms with Gasteiger partial charge in [0, 0.05) is 17.8 Å². The molecule has 0 saturated heterocycles. The van der Waals surface area contributed by atoms with Crippen LogP contribution in [0.1, 0.15) is 27.6 Å². The molecule has 0 bridgehead atoms. The van der Waals surface area contributed by atoms with Gasteiger partial charge in [0.25, 0.3) is 11.8 Å². The van der Waals surface area contributed by atoms with E-state index in [-0.39, 0.29) is 5.91 Å². The molecule has 32 heavy (non-hydrogen) atoms. The molecule has 0 heterocycles. The van der Waals surface area contributed by atoms with Gasteiger partial charge in [-0.2, -0.15) is 0 Å². The second kappa shape index (κ2) is 10.3. The molecule has 0 radical (unpaired) electrons. The van der Waals surface area contributed by atoms with Gasteiger partial charge in [-0.25, -0.2) is 0 Å². The Morgan fingerprint density at radius 2 is 1.44 bits per heavy atom. The molecule has 0 atom stereocenters. The van der Waals surface area contributed by atoms with E-state index < -0.39 is 5.91 Å². The number of hydrogen-bond donors (Lipinski definition) is 1. The van der Waals surface area contributed by atoms with Gasteiger partial charge in [0.1, 0.15) is 0 Å². The van der Waals surface area contributed by atoms with E-state index in [2.05, 4.69) is 5.32 Å². The number of carbonyl (C=O) groups is 2. The molecule has 0 aromatic heterocycles. The van der Waals surface area contributed by atoms with E-state index in [4.69, 9.17) is 14.2 Å². The Labute approximate surface area is 187 Å². The Balaban J connectivity index is 1.93. The van der Waals surface area contributed by atoms with Crippen LogP contribution in [0.2, 0.25) is 0 Å². The van der Waals surface area contributed by atoms with Gasteiger partial charge in [-0.15, -0.1) is 0 Å². The van der Waals surface area contributed by atoms with Crippen molar-refractivity contribution in [3.63, 3.8) is 0 Å². The molecule has 166 valence electrons. The predicted octanol–water partition coefficient (Wildman–Crippen LogP) is 4.63. The Bertz CT molecular complexity index is 1070. The number of rotatable bonds is 8. The Morgan fingerprint density at radius 1 is 0.844 bits per heavy atom. The summed E-state index contributed by atoms with van der Waals surface area (Å²) in [6, 6.07) is 19.4. The topological polar surface area (TPSA) is 77.1 Å². The van der Waals surface area contributed by atoms with Gasteiger partial charge in [-0.05, 0) is 43.3 Å². The van der Waals surface area contributed by atoms with Gasteiger partial charge in [-0.1, -0.05) is 30.3 Å². The SMILES string of the molecule is CCN(C(=O)c1ccccc1NC(=O)c1cc(OC)c(OC)c(OC)c1)c1ccccc1. The first-order valence-corrected chi connectivity index (χ1v) is 10.1. The van der Waals surface area contributed by atoms with Crippen molar-refractivity contribution in [1.82, 2.24) is 0 Å². The summed E-state index contributed by atoms with van der Waals surface area (Å²) in [6.07, 6.45) is 0. The van der Waals surface area contributed by atoms with Crippen LogP contribution < -0.4 is 24.4 Å². The average Bonchev–Trinajstić information content (AvgIpc) is 2.84. The van der Waals surface area contributed by atoms with Crippen molar-refractivity contribution < 1.29 is 23.8 Å². The first-order valence-electron chi connectivity index (χ1n) is 10.1. The number of hydrogen-bond acceptors (Lipinski definition) is 5. The quantitative estimate of drug-likeness (QED) is 0.559. The molecular weight excluding hydrogens is 408 g/mol. The van der Waals surface area contributed by atoms with Crippen LogP contribution in [-0.4, -0.2) is 39.7 Å². The maximum absolute atomic E-state index is 13.3. The van der Waals surface area contributed by atoms with Crippen LogP contribution in [0.25, 0.3) is 0 Å². The minimum Gasteiger partial charge on any atom is -0.493 e. The molecule has 7 heteroatoms. The van der Waals surface area contributed by atoms with Crippen molar-refractivity contribution in [2.24, 2.45) is 0 Å². The van der Waals surface area contributed by atoms with Crippen LogP contribution in [-0.2, 0) is 0 Å². The van der Waals surface area contributed by atoms with Gasteiger partial charge < -0.3 is 24.4 Å². The van der Waals surface area contributed by atoms with Gasteiger partial charge in [0.15, 0.2) is 11.5 Å². The molecule has 3 aromatic rings. The number of benzene rings is 3. The normalized spacial score (nSPS) is 10.2. The standard InChI is InChI=1S/C25H26N2O5/c1-5-27(18-11-7-6-8-12-18)25(29)19-13-9-10-14-20(19)26-24(28)17-15-21(30-2)23(32-4)22(16-17)31-3/h6-16H,5H2,1-4H3,(H,26,28). The zero-order valence-electron chi connectivity index (χ0n) is 18.5. The van der Waals surface area contributed by atoms with Crippen LogP contribution in [0, 0.1) is 0 Å². The van der Waals surface area contributed by atoms with Crippen molar-refractivity contribution in [1.29, 1.82) is 0 Å². The fourth-order valence-corrected chi connectivity index (χ4v) is 3.38. The molecule has 3 aromatic carbocycles. The number of nitrogens with one attached hydrogen (secondary N) is 1. The van der Waals surface area contributed by atoms with Crippen LogP contribution in [0.5, 0.6) is 17.2 Å². The molecule has 0 aliphatic rings. The highest BCUT2D eigenvalue weighted by Gasteiger charge is 2.22. The number of ether oxygens (including phenoxy) is 3. The molecule has 0 fully saturated rings. The van der Waals surface area contributed by atoms with Crippen molar-refractivity contribution >= 4 is 23.2 Å². The van der Waals surface area contributed by atoms with E-state index in [1.54, 1.807) is 41.3 Å². The summed E-state index contributed by atoms with van der Waals surface area (Å²) in [7, 11) is 4.46. The third kappa shape index (κ3) is 4.67. The van der Waals surface area contributed by atoms with E-state index in [0.29, 0.717) is 40.6 Å². The minimum atomic E-state index is -0.410. The van der Waals surface area contributed by atoms with Crippen molar-refractivity contribution in [3.8, 4) is 17.2 Å². The summed E-state index contributed by atoms with van der Waals surface area (Å²) in [5.74, 6) is 0.500. The second-order valence-corrected chi connectivity index (χ2v) is 6.80. The van der Waals surface area contributed by atoms with Crippen LogP contribution in [0.4, 0.5) is 11.4 Å². The van der Waals surface area contributed by atoms with E-state index in [1.807, 2.05) is 37.3 Å². The highest BCUT2D eigenvalue weighted by Crippen LogP contribution is 2.38. The molecule has 3 rings (SSSR count). The smallest absolute Gasteiger partial charge is 0.260 e. The molecule has 0 aliphatic heterocycles. The number of para-hydroxylation sites is 2. The van der Waals surface area contributed by atoms with Crippen molar-refractivity contribution in [3.05, 3.63) is 77.9 Å². The molecular formula is C25H26N2O5. The third-order valence-corrected chi connectivity index (χ3v) is 4.96. The summed E-state index contributed by atoms with van der Waals surface area (Å²) in [5, 5.41) is 2.84. The second-order valence-electron chi connectivity index (χ2n) is 6.80. The lowest BCUT2D eigenvalue weighted by Gasteiger charge is -2.22. The first kappa shape index (κ1) is 22.7. The molecule has 1 N–H and O–H groups in total. The summed E-state index contributed by atoms with van der Waals surface area (Å²) in [6.45, 7) is 2.39. The zero-order valence-corrected chi connectivity index (χ0v) is 18.5. The molecule has 2 amide bonds. The summed E-state index contributed by atoms with van der Waals surface area (Å²) in [4.78, 5) is 28.0. The number of anilines is 2. The fraction of sp³-hybridized carbons (Fsp3) is 0.200. The van der Waals surface area contributed by atoms with E-state index >= 15 is 0 Å². The Kier molecular flexibility index (Phi) is 7.33. The highest BCUT2D eigenvalue weighted by atomic mass is 16.5. The van der Waals surface area contributed by atoms with Crippen LogP contribution in [0.15, 0.2) is 66.7 Å². The van der Waals surface area contributed by atoms with Crippen molar-refractivity contribution in [2.45, 2.75) is 6.92 Å². The fourth-order valence-electron chi connectivity index (χ4n) is 3.38. The molecule has 0 unspecified atom stereocenters. The number of nitrogens with zero attached hydrogens (tertiary/aromatic N) is 1. The van der Waals surface area contributed by atoms with Gasteiger partial charge in [0.05, 0.1) is 32.6 Å². The molecule has 7 nitrogen and oxygen atoms in total. The number of methoxy groups -OCH3 is 3. The lowest BCUT2D eigenvalue weighted by molar-refractivity contribution is 0.0989. The number of carbonyl (C=O) groups excluding carboxylic acids is 2. The molecule has 0 spiro atoms. The maximum Gasteiger partial charge on any atom is 0.260 e. The van der Waals surface area contributed by atoms with Crippen LogP contribution in [0.3, 0.4) is 0 Å². The van der Waals surface area contributed by atoms with Gasteiger partial charge >= 0.3 is 0 Å². The van der Waals surface area contributed by atoms with Crippen molar-refractivity contribution in [2.75, 3.05) is 38.1 Å². The van der Waals surface area contributed by atoms with E-state index in [1.165, 1.54) is 21.3 Å². The maximum atomic E-state index is 13.3. The lowest BCUT2D eigenvalue weighted by atomic mass is 10.1. The third-order valence-electron chi connectivity index (χ3n) is 4.96. The predicted molar refractivity (Wildman–Crippen MR) is 124 cm³/mol. The summed E-state index contributed by atoms with van der Waals surface area (Å²) < 4.78 is 16.0. The van der Waals surface area contributed by atoms with E-state index in [9.17, 15) is 9.59 Å². The van der Waals surface area contributed by atoms with Gasteiger partial charge in [-0.3, -0.25) is 9.59 Å². The monoisotopic (exact) mass is 434 g/mol. The Hall–Kier alpha value is -4.00. The largest absolute Gasteiger partial charge is 0.493 e. The highest BCUT2D eigenvalue weighted by molar-refractivity contribution is 6.13. The van der Waals surface area contributed by atoms with Gasteiger partial charge in [0.2, 0.25) is 5.75 Å². The lowest BCUT2D eigenvalue weighted by Crippen LogP contribution is -2.31.